The van der Waals surface area contributed by atoms with Gasteiger partial charge in [0.2, 0.25) is 47.3 Å². The molecule has 71 heavy (non-hydrogen) atoms. The molecule has 0 aliphatic carbocycles. The maximum Gasteiger partial charge on any atom is 0.326 e. The Morgan fingerprint density at radius 2 is 1.04 bits per heavy atom. The lowest BCUT2D eigenvalue weighted by Gasteiger charge is -2.26. The third kappa shape index (κ3) is 25.7. The fraction of sp³-hybridized carbons (Fsp3) is 0.698. The van der Waals surface area contributed by atoms with Crippen LogP contribution in [0, 0.1) is 5.92 Å². The molecule has 1 rings (SSSR count). The van der Waals surface area contributed by atoms with Crippen LogP contribution in [0.2, 0.25) is 0 Å². The predicted octanol–water partition coefficient (Wildman–Crippen LogP) is -4.91. The number of nitrogens with zero attached hydrogens (tertiary/aromatic N) is 1. The molecule has 0 aromatic carbocycles. The minimum Gasteiger partial charge on any atom is -0.481 e. The number of aliphatic hydroxyl groups is 1. The van der Waals surface area contributed by atoms with Gasteiger partial charge >= 0.3 is 11.9 Å². The number of carboxylic acids is 2. The molecular formula is C43H76N14O13S. The fourth-order valence-electron chi connectivity index (χ4n) is 6.79. The van der Waals surface area contributed by atoms with Crippen LogP contribution >= 0.6 is 12.6 Å². The van der Waals surface area contributed by atoms with Gasteiger partial charge in [-0.25, -0.2) is 9.78 Å². The highest BCUT2D eigenvalue weighted by atomic mass is 32.1. The monoisotopic (exact) mass is 1030 g/mol. The van der Waals surface area contributed by atoms with E-state index >= 15 is 0 Å². The highest BCUT2D eigenvalue weighted by Crippen LogP contribution is 2.10. The van der Waals surface area contributed by atoms with Crippen molar-refractivity contribution in [3.8, 4) is 0 Å². The second kappa shape index (κ2) is 35.2. The number of aromatic nitrogens is 2. The number of imidazole rings is 1. The first kappa shape index (κ1) is 63.1. The summed E-state index contributed by atoms with van der Waals surface area (Å²) < 4.78 is 0. The van der Waals surface area contributed by atoms with Gasteiger partial charge in [0.05, 0.1) is 25.5 Å². The minimum absolute atomic E-state index is 0.0108. The Morgan fingerprint density at radius 3 is 1.46 bits per heavy atom. The van der Waals surface area contributed by atoms with Gasteiger partial charge < -0.3 is 85.8 Å². The van der Waals surface area contributed by atoms with Crippen molar-refractivity contribution in [1.29, 1.82) is 0 Å². The van der Waals surface area contributed by atoms with Crippen LogP contribution in [0.4, 0.5) is 0 Å². The van der Waals surface area contributed by atoms with Gasteiger partial charge in [-0.3, -0.25) is 43.2 Å². The van der Waals surface area contributed by atoms with Gasteiger partial charge in [-0.05, 0) is 96.2 Å². The number of carbonyl (C=O) groups excluding carboxylic acids is 8. The Kier molecular flexibility index (Phi) is 31.3. The standard InChI is InChI=1S/C43H76N14O13S/c1-24(2)17-31(55-36(62)26(47)22-71)41(67)54-30(12-13-35(60)61)37(63)49-20-34(59)51-27(9-3-6-14-44)38(64)52-29(11-5-8-16-46)40(66)57-33(21-58)42(68)53-28(10-4-7-15-45)39(65)56-32(43(69)70)18-25-19-48-23-50-25/h19,23-24,26-33,58,71H,3-18,20-22,44-47H2,1-2H3,(H,48,50)(H,49,63)(H,51,59)(H,52,64)(H,53,68)(H,54,67)(H,55,62)(H,56,65)(H,57,66)(H,60,61)(H,69,70)/t26-,27-,28-,29-,30-,31-,32-,33-/m0/s1. The summed E-state index contributed by atoms with van der Waals surface area (Å²) in [6.45, 7) is 2.59. The van der Waals surface area contributed by atoms with Gasteiger partial charge in [0.15, 0.2) is 0 Å². The highest BCUT2D eigenvalue weighted by Gasteiger charge is 2.33. The number of nitrogens with one attached hydrogen (secondary N) is 9. The molecule has 8 atom stereocenters. The molecule has 1 heterocycles. The zero-order chi connectivity index (χ0) is 53.5. The Morgan fingerprint density at radius 1 is 0.606 bits per heavy atom. The number of nitrogens with two attached hydrogens (primary N) is 4. The number of thiol groups is 1. The van der Waals surface area contributed by atoms with Gasteiger partial charge in [0.1, 0.15) is 42.3 Å². The molecule has 0 saturated carbocycles. The van der Waals surface area contributed by atoms with E-state index in [1.807, 2.05) is 0 Å². The molecule has 28 heteroatoms. The summed E-state index contributed by atoms with van der Waals surface area (Å²) in [7, 11) is 0. The lowest BCUT2D eigenvalue weighted by Crippen LogP contribution is -2.60. The van der Waals surface area contributed by atoms with Crippen LogP contribution in [-0.4, -0.2) is 171 Å². The summed E-state index contributed by atoms with van der Waals surface area (Å²) >= 11 is 4.00. The smallest absolute Gasteiger partial charge is 0.326 e. The van der Waals surface area contributed by atoms with E-state index in [4.69, 9.17) is 22.9 Å². The largest absolute Gasteiger partial charge is 0.481 e. The maximum atomic E-state index is 13.9. The van der Waals surface area contributed by atoms with Crippen LogP contribution < -0.4 is 65.5 Å². The molecule has 0 aliphatic heterocycles. The average molecular weight is 1030 g/mol. The minimum atomic E-state index is -1.66. The van der Waals surface area contributed by atoms with Crippen LogP contribution in [0.25, 0.3) is 0 Å². The van der Waals surface area contributed by atoms with Crippen molar-refractivity contribution in [2.24, 2.45) is 28.9 Å². The summed E-state index contributed by atoms with van der Waals surface area (Å²) in [5.41, 5.74) is 23.1. The summed E-state index contributed by atoms with van der Waals surface area (Å²) in [5.74, 6) is -9.71. The quantitative estimate of drug-likeness (QED) is 0.0218. The first-order valence-corrected chi connectivity index (χ1v) is 24.2. The number of rotatable bonds is 38. The van der Waals surface area contributed by atoms with Crippen molar-refractivity contribution in [3.05, 3.63) is 18.2 Å². The van der Waals surface area contributed by atoms with E-state index < -0.39 is 134 Å². The summed E-state index contributed by atoms with van der Waals surface area (Å²) in [4.78, 5) is 137. The molecule has 1 aromatic heterocycles. The Labute approximate surface area is 417 Å². The van der Waals surface area contributed by atoms with Gasteiger partial charge in [-0.2, -0.15) is 12.6 Å². The Hall–Kier alpha value is -5.94. The SMILES string of the molecule is CC(C)C[C@H](NC(=O)[C@@H](N)CS)C(=O)N[C@@H](CCC(=O)O)C(=O)NCC(=O)N[C@@H](CCCCN)C(=O)N[C@@H](CCCCN)C(=O)N[C@@H](CO)C(=O)N[C@@H](CCCCN)C(=O)N[C@@H](Cc1cnc[nH]1)C(=O)O. The molecule has 0 saturated heterocycles. The zero-order valence-corrected chi connectivity index (χ0v) is 41.3. The summed E-state index contributed by atoms with van der Waals surface area (Å²) in [6.07, 6.45) is 4.05. The second-order valence-corrected chi connectivity index (χ2v) is 17.6. The predicted molar refractivity (Wildman–Crippen MR) is 260 cm³/mol. The number of H-pyrrole nitrogens is 1. The van der Waals surface area contributed by atoms with Crippen molar-refractivity contribution >= 4 is 71.8 Å². The molecule has 1 aromatic rings. The molecule has 8 amide bonds. The molecule has 20 N–H and O–H groups in total. The van der Waals surface area contributed by atoms with E-state index in [1.165, 1.54) is 12.5 Å². The van der Waals surface area contributed by atoms with Crippen molar-refractivity contribution in [1.82, 2.24) is 52.5 Å². The number of amides is 8. The third-order valence-corrected chi connectivity index (χ3v) is 11.1. The molecule has 0 spiro atoms. The normalized spacial score (nSPS) is 14.5. The molecule has 402 valence electrons. The summed E-state index contributed by atoms with van der Waals surface area (Å²) in [6, 6.07) is -10.7. The van der Waals surface area contributed by atoms with Gasteiger partial charge in [-0.15, -0.1) is 0 Å². The topological polar surface area (TPSA) is 460 Å². The van der Waals surface area contributed by atoms with E-state index in [9.17, 15) is 63.3 Å². The zero-order valence-electron chi connectivity index (χ0n) is 40.4. The van der Waals surface area contributed by atoms with Gasteiger partial charge in [0.25, 0.3) is 0 Å². The Bertz CT molecular complexity index is 1860. The van der Waals surface area contributed by atoms with Crippen molar-refractivity contribution in [2.45, 2.75) is 146 Å². The number of aromatic amines is 1. The molecule has 0 bridgehead atoms. The van der Waals surface area contributed by atoms with E-state index in [-0.39, 0.29) is 63.4 Å². The average Bonchev–Trinajstić information content (AvgIpc) is 3.84. The van der Waals surface area contributed by atoms with E-state index in [0.29, 0.717) is 44.2 Å². The molecule has 0 radical (unpaired) electrons. The number of hydrogen-bond acceptors (Lipinski definition) is 17. The number of hydrogen-bond donors (Lipinski definition) is 17. The van der Waals surface area contributed by atoms with Crippen LogP contribution in [-0.2, 0) is 54.4 Å². The van der Waals surface area contributed by atoms with Crippen LogP contribution in [0.5, 0.6) is 0 Å². The summed E-state index contributed by atoms with van der Waals surface area (Å²) in [5, 5.41) is 49.0. The second-order valence-electron chi connectivity index (χ2n) is 17.2. The first-order chi connectivity index (χ1) is 33.7. The number of carboxylic acid groups (broad SMARTS) is 2. The van der Waals surface area contributed by atoms with E-state index in [1.54, 1.807) is 13.8 Å². The van der Waals surface area contributed by atoms with Crippen LogP contribution in [0.15, 0.2) is 12.5 Å². The first-order valence-electron chi connectivity index (χ1n) is 23.6. The number of aliphatic carboxylic acids is 2. The third-order valence-electron chi connectivity index (χ3n) is 10.7. The molecule has 0 aliphatic rings. The van der Waals surface area contributed by atoms with E-state index in [0.717, 1.165) is 0 Å². The van der Waals surface area contributed by atoms with Gasteiger partial charge in [-0.1, -0.05) is 13.8 Å². The maximum absolute atomic E-state index is 13.9. The lowest BCUT2D eigenvalue weighted by molar-refractivity contribution is -0.142. The van der Waals surface area contributed by atoms with Crippen molar-refractivity contribution in [3.63, 3.8) is 0 Å². The molecular weight excluding hydrogens is 953 g/mol. The molecule has 0 fully saturated rings. The Balaban J connectivity index is 3.23. The highest BCUT2D eigenvalue weighted by molar-refractivity contribution is 7.80. The van der Waals surface area contributed by atoms with Crippen molar-refractivity contribution < 1.29 is 63.3 Å². The molecule has 0 unspecified atom stereocenters. The van der Waals surface area contributed by atoms with Crippen LogP contribution in [0.3, 0.4) is 0 Å². The fourth-order valence-corrected chi connectivity index (χ4v) is 6.96. The van der Waals surface area contributed by atoms with Gasteiger partial charge in [0, 0.05) is 30.5 Å². The number of unbranched alkanes of at least 4 members (excludes halogenated alkanes) is 3. The van der Waals surface area contributed by atoms with E-state index in [2.05, 4.69) is 65.1 Å². The lowest BCUT2D eigenvalue weighted by atomic mass is 10.0. The van der Waals surface area contributed by atoms with Crippen LogP contribution in [0.1, 0.15) is 96.6 Å². The number of carbonyl (C=O) groups is 10. The molecule has 27 nitrogen and oxygen atoms in total. The number of aliphatic hydroxyl groups excluding tert-OH is 1. The van der Waals surface area contributed by atoms with Crippen molar-refractivity contribution in [2.75, 3.05) is 38.5 Å².